The first-order valence-corrected chi connectivity index (χ1v) is 49.1. The minimum atomic E-state index is -4.97. The van der Waals surface area contributed by atoms with Crippen LogP contribution in [0.1, 0.15) is 484 Å². The van der Waals surface area contributed by atoms with Crippen molar-refractivity contribution >= 4 is 39.5 Å². The van der Waals surface area contributed by atoms with Gasteiger partial charge in [0.05, 0.1) is 26.4 Å². The van der Waals surface area contributed by atoms with Crippen LogP contribution in [0.2, 0.25) is 0 Å². The normalized spacial score (nSPS) is 13.7. The van der Waals surface area contributed by atoms with Gasteiger partial charge in [-0.3, -0.25) is 37.3 Å². The summed E-state index contributed by atoms with van der Waals surface area (Å²) in [5.74, 6) is -1.28. The molecule has 0 heterocycles. The minimum absolute atomic E-state index is 0.109. The van der Waals surface area contributed by atoms with Crippen molar-refractivity contribution in [2.75, 3.05) is 39.6 Å². The van der Waals surface area contributed by atoms with E-state index in [1.807, 2.05) is 0 Å². The number of esters is 4. The molecule has 17 nitrogen and oxygen atoms in total. The van der Waals surface area contributed by atoms with Crippen LogP contribution in [0.25, 0.3) is 0 Å². The van der Waals surface area contributed by atoms with E-state index in [0.29, 0.717) is 25.7 Å². The van der Waals surface area contributed by atoms with Crippen molar-refractivity contribution < 1.29 is 80.2 Å². The maximum absolute atomic E-state index is 13.2. The molecule has 0 fully saturated rings. The molecule has 0 aliphatic carbocycles. The van der Waals surface area contributed by atoms with E-state index in [1.54, 1.807) is 0 Å². The topological polar surface area (TPSA) is 237 Å². The number of aliphatic hydroxyl groups excluding tert-OH is 1. The fourth-order valence-electron chi connectivity index (χ4n) is 14.0. The molecule has 3 N–H and O–H groups in total. The second-order valence-electron chi connectivity index (χ2n) is 32.5. The van der Waals surface area contributed by atoms with E-state index in [9.17, 15) is 43.2 Å². The van der Waals surface area contributed by atoms with Crippen LogP contribution in [-0.4, -0.2) is 96.7 Å². The second kappa shape index (κ2) is 81.6. The summed E-state index contributed by atoms with van der Waals surface area (Å²) >= 11 is 0. The summed E-state index contributed by atoms with van der Waals surface area (Å²) < 4.78 is 69.0. The van der Waals surface area contributed by atoms with Crippen LogP contribution < -0.4 is 0 Å². The maximum Gasteiger partial charge on any atom is 0.472 e. The van der Waals surface area contributed by atoms with Crippen molar-refractivity contribution in [2.24, 2.45) is 5.92 Å². The summed E-state index contributed by atoms with van der Waals surface area (Å²) in [6.07, 6.45) is 76.4. The Morgan fingerprint density at radius 3 is 0.630 bits per heavy atom. The molecule has 0 aromatic heterocycles. The summed E-state index contributed by atoms with van der Waals surface area (Å²) in [6.45, 7) is 7.42. The number of hydrogen-bond acceptors (Lipinski definition) is 15. The van der Waals surface area contributed by atoms with Gasteiger partial charge >= 0.3 is 39.5 Å². The van der Waals surface area contributed by atoms with E-state index in [4.69, 9.17) is 37.0 Å². The third-order valence-electron chi connectivity index (χ3n) is 21.0. The van der Waals surface area contributed by atoms with Gasteiger partial charge in [0.1, 0.15) is 19.3 Å². The molecule has 0 saturated carbocycles. The van der Waals surface area contributed by atoms with Crippen molar-refractivity contribution in [1.82, 2.24) is 0 Å². The number of unbranched alkanes of at least 4 members (excludes halogenated alkanes) is 61. The van der Waals surface area contributed by atoms with Crippen LogP contribution in [-0.2, 0) is 65.4 Å². The molecule has 0 amide bonds. The zero-order valence-corrected chi connectivity index (χ0v) is 72.8. The van der Waals surface area contributed by atoms with Crippen LogP contribution >= 0.6 is 15.6 Å². The van der Waals surface area contributed by atoms with Gasteiger partial charge in [-0.1, -0.05) is 433 Å². The van der Waals surface area contributed by atoms with E-state index in [1.165, 1.54) is 308 Å². The third-order valence-corrected chi connectivity index (χ3v) is 22.9. The summed E-state index contributed by atoms with van der Waals surface area (Å²) in [5.41, 5.74) is 0. The van der Waals surface area contributed by atoms with Crippen molar-refractivity contribution in [3.8, 4) is 0 Å². The minimum Gasteiger partial charge on any atom is -0.462 e. The molecule has 0 rings (SSSR count). The Morgan fingerprint density at radius 2 is 0.426 bits per heavy atom. The van der Waals surface area contributed by atoms with Crippen molar-refractivity contribution in [2.45, 2.75) is 502 Å². The average Bonchev–Trinajstić information content (AvgIpc) is 0.898. The van der Waals surface area contributed by atoms with Crippen LogP contribution in [0.5, 0.6) is 0 Å². The van der Waals surface area contributed by atoms with Crippen molar-refractivity contribution in [3.05, 3.63) is 0 Å². The second-order valence-corrected chi connectivity index (χ2v) is 35.4. The Bertz CT molecular complexity index is 2050. The van der Waals surface area contributed by atoms with Crippen LogP contribution in [0.15, 0.2) is 0 Å². The standard InChI is InChI=1S/C89H174O17P2/c1-6-9-12-15-18-21-24-26-28-30-31-32-33-35-41-45-50-55-60-65-70-75-89(94)106-85(79-100-87(92)73-68-63-58-53-48-43-39-37-36-38-42-47-51-56-61-66-71-82(4)5)81-104-108(97,98)102-77-83(90)76-101-107(95,96)103-80-84(78-99-86(91)72-67-62-57-52-46-23-20-17-14-11-8-3)105-88(93)74-69-64-59-54-49-44-40-34-29-27-25-22-19-16-13-10-7-2/h82-85,90H,6-81H2,1-5H3,(H,95,96)(H,97,98)/t83-,84+,85+/m0/s1. The van der Waals surface area contributed by atoms with Crippen molar-refractivity contribution in [3.63, 3.8) is 0 Å². The molecule has 19 heteroatoms. The number of carbonyl (C=O) groups excluding carboxylic acids is 4. The number of ether oxygens (including phenoxy) is 4. The van der Waals surface area contributed by atoms with Gasteiger partial charge in [0.15, 0.2) is 12.2 Å². The molecule has 0 bridgehead atoms. The van der Waals surface area contributed by atoms with Gasteiger partial charge in [0.2, 0.25) is 0 Å². The third kappa shape index (κ3) is 82.1. The molecule has 0 aromatic carbocycles. The first kappa shape index (κ1) is 106. The predicted molar refractivity (Wildman–Crippen MR) is 446 cm³/mol. The number of phosphoric acid groups is 2. The van der Waals surface area contributed by atoms with E-state index in [2.05, 4.69) is 34.6 Å². The van der Waals surface area contributed by atoms with E-state index in [0.717, 1.165) is 95.8 Å². The Balaban J connectivity index is 5.23. The molecule has 0 aliphatic rings. The summed E-state index contributed by atoms with van der Waals surface area (Å²) in [7, 11) is -9.93. The van der Waals surface area contributed by atoms with Gasteiger partial charge in [-0.05, 0) is 31.6 Å². The molecule has 0 aromatic rings. The zero-order valence-electron chi connectivity index (χ0n) is 71.0. The highest BCUT2D eigenvalue weighted by Crippen LogP contribution is 2.45. The smallest absolute Gasteiger partial charge is 0.462 e. The van der Waals surface area contributed by atoms with Crippen LogP contribution in [0.3, 0.4) is 0 Å². The van der Waals surface area contributed by atoms with Gasteiger partial charge < -0.3 is 33.8 Å². The highest BCUT2D eigenvalue weighted by molar-refractivity contribution is 7.47. The lowest BCUT2D eigenvalue weighted by Gasteiger charge is -2.21. The number of carbonyl (C=O) groups is 4. The monoisotopic (exact) mass is 1580 g/mol. The molecule has 108 heavy (non-hydrogen) atoms. The lowest BCUT2D eigenvalue weighted by Crippen LogP contribution is -2.30. The van der Waals surface area contributed by atoms with Crippen LogP contribution in [0.4, 0.5) is 0 Å². The number of aliphatic hydroxyl groups is 1. The number of rotatable bonds is 89. The lowest BCUT2D eigenvalue weighted by molar-refractivity contribution is -0.161. The molecule has 0 spiro atoms. The van der Waals surface area contributed by atoms with Crippen LogP contribution in [0, 0.1) is 5.92 Å². The van der Waals surface area contributed by atoms with Gasteiger partial charge in [0, 0.05) is 25.7 Å². The molecule has 642 valence electrons. The molecule has 0 saturated heterocycles. The number of phosphoric ester groups is 2. The Kier molecular flexibility index (Phi) is 80.2. The lowest BCUT2D eigenvalue weighted by atomic mass is 10.0. The molecule has 2 unspecified atom stereocenters. The quantitative estimate of drug-likeness (QED) is 0.0222. The summed E-state index contributed by atoms with van der Waals surface area (Å²) in [5, 5.41) is 10.7. The highest BCUT2D eigenvalue weighted by Gasteiger charge is 2.30. The predicted octanol–water partition coefficient (Wildman–Crippen LogP) is 27.5. The Morgan fingerprint density at radius 1 is 0.250 bits per heavy atom. The summed E-state index contributed by atoms with van der Waals surface area (Å²) in [4.78, 5) is 73.3. The highest BCUT2D eigenvalue weighted by atomic mass is 31.2. The molecule has 0 radical (unpaired) electrons. The zero-order chi connectivity index (χ0) is 79.0. The van der Waals surface area contributed by atoms with Crippen molar-refractivity contribution in [1.29, 1.82) is 0 Å². The molecule has 5 atom stereocenters. The van der Waals surface area contributed by atoms with Gasteiger partial charge in [0.25, 0.3) is 0 Å². The first-order chi connectivity index (χ1) is 52.5. The molecule has 0 aliphatic heterocycles. The van der Waals surface area contributed by atoms with Gasteiger partial charge in [-0.2, -0.15) is 0 Å². The Hall–Kier alpha value is -1.94. The Labute approximate surface area is 664 Å². The van der Waals surface area contributed by atoms with E-state index in [-0.39, 0.29) is 25.7 Å². The molecular formula is C89H174O17P2. The van der Waals surface area contributed by atoms with Gasteiger partial charge in [-0.25, -0.2) is 9.13 Å². The van der Waals surface area contributed by atoms with E-state index >= 15 is 0 Å². The number of hydrogen-bond donors (Lipinski definition) is 3. The fraction of sp³-hybridized carbons (Fsp3) is 0.955. The first-order valence-electron chi connectivity index (χ1n) is 46.1. The largest absolute Gasteiger partial charge is 0.472 e. The average molecular weight is 1580 g/mol. The summed E-state index contributed by atoms with van der Waals surface area (Å²) in [6, 6.07) is 0. The van der Waals surface area contributed by atoms with E-state index < -0.39 is 97.5 Å². The van der Waals surface area contributed by atoms with Gasteiger partial charge in [-0.15, -0.1) is 0 Å². The SMILES string of the molecule is CCCCCCCCCCCCCCCCCCCCCCCC(=O)O[C@H](COC(=O)CCCCCCCCCCCCCCCCCCC(C)C)COP(=O)(O)OC[C@@H](O)COP(=O)(O)OC[C@@H](COC(=O)CCCCCCCCCCCCC)OC(=O)CCCCCCCCCCCCCCCCCCC. The fourth-order valence-corrected chi connectivity index (χ4v) is 15.6. The molecular weight excluding hydrogens is 1400 g/mol. The maximum atomic E-state index is 13.2.